The van der Waals surface area contributed by atoms with E-state index in [4.69, 9.17) is 24.4 Å². The molecule has 5 rings (SSSR count). The van der Waals surface area contributed by atoms with Gasteiger partial charge in [0.15, 0.2) is 11.6 Å². The first-order valence-corrected chi connectivity index (χ1v) is 13.1. The lowest BCUT2D eigenvalue weighted by Gasteiger charge is -2.09. The van der Waals surface area contributed by atoms with Crippen LogP contribution < -0.4 is 9.47 Å². The summed E-state index contributed by atoms with van der Waals surface area (Å²) in [6.45, 7) is 14.5. The number of pyridine rings is 1. The van der Waals surface area contributed by atoms with Gasteiger partial charge in [-0.25, -0.2) is 15.0 Å². The van der Waals surface area contributed by atoms with Crippen molar-refractivity contribution >= 4 is 22.1 Å². The van der Waals surface area contributed by atoms with Crippen LogP contribution in [0.25, 0.3) is 45.1 Å². The third kappa shape index (κ3) is 4.92. The highest BCUT2D eigenvalue weighted by Crippen LogP contribution is 2.30. The molecule has 0 N–H and O–H groups in total. The lowest BCUT2D eigenvalue weighted by molar-refractivity contribution is 0.325. The lowest BCUT2D eigenvalue weighted by Crippen LogP contribution is -2.02. The third-order valence-electron chi connectivity index (χ3n) is 6.46. The van der Waals surface area contributed by atoms with E-state index in [1.807, 2.05) is 54.6 Å². The molecule has 0 saturated carbocycles. The molecule has 0 fully saturated rings. The second-order valence-electron chi connectivity index (χ2n) is 8.92. The highest BCUT2D eigenvalue weighted by molar-refractivity contribution is 5.83. The van der Waals surface area contributed by atoms with Crippen LogP contribution in [0.4, 0.5) is 0 Å². The quantitative estimate of drug-likeness (QED) is 0.134. The van der Waals surface area contributed by atoms with Gasteiger partial charge in [-0.1, -0.05) is 18.2 Å². The molecule has 0 saturated heterocycles. The van der Waals surface area contributed by atoms with Crippen molar-refractivity contribution in [1.29, 1.82) is 0 Å². The summed E-state index contributed by atoms with van der Waals surface area (Å²) in [6, 6.07) is 18.1. The van der Waals surface area contributed by atoms with Gasteiger partial charge in [-0.05, 0) is 63.1 Å². The van der Waals surface area contributed by atoms with Crippen LogP contribution in [0.1, 0.15) is 26.7 Å². The smallest absolute Gasteiger partial charge is 0.159 e. The average molecular weight is 508 g/mol. The molecule has 3 heterocycles. The SMILES string of the molecule is C=CCCOc1ccc2c(c1)nc(-c1cccc(-c3nc4cc(OCCC=C)ccc4n3CC)n1)n2CC. The fourth-order valence-electron chi connectivity index (χ4n) is 4.63. The molecule has 0 aliphatic heterocycles. The molecule has 0 amide bonds. The number of hydrogen-bond donors (Lipinski definition) is 0. The average Bonchev–Trinajstić information content (AvgIpc) is 3.51. The minimum atomic E-state index is 0.598. The van der Waals surface area contributed by atoms with Crippen LogP contribution in [0.15, 0.2) is 79.9 Å². The molecule has 7 nitrogen and oxygen atoms in total. The van der Waals surface area contributed by atoms with Gasteiger partial charge in [0.05, 0.1) is 35.3 Å². The van der Waals surface area contributed by atoms with E-state index < -0.39 is 0 Å². The van der Waals surface area contributed by atoms with Gasteiger partial charge >= 0.3 is 0 Å². The molecule has 0 unspecified atom stereocenters. The Labute approximate surface area is 223 Å². The summed E-state index contributed by atoms with van der Waals surface area (Å²) in [5, 5.41) is 0. The van der Waals surface area contributed by atoms with Crippen LogP contribution in [0.3, 0.4) is 0 Å². The van der Waals surface area contributed by atoms with Gasteiger partial charge in [0.2, 0.25) is 0 Å². The first kappa shape index (κ1) is 25.3. The van der Waals surface area contributed by atoms with E-state index in [1.165, 1.54) is 0 Å². The number of rotatable bonds is 12. The number of aromatic nitrogens is 5. The Hall–Kier alpha value is -4.39. The van der Waals surface area contributed by atoms with E-state index in [2.05, 4.69) is 48.3 Å². The zero-order valence-corrected chi connectivity index (χ0v) is 22.1. The van der Waals surface area contributed by atoms with Crippen LogP contribution in [-0.4, -0.2) is 37.3 Å². The Morgan fingerprint density at radius 1 is 0.684 bits per heavy atom. The number of nitrogens with zero attached hydrogens (tertiary/aromatic N) is 5. The molecular formula is C31H33N5O2. The molecule has 0 radical (unpaired) electrons. The molecule has 0 bridgehead atoms. The zero-order chi connectivity index (χ0) is 26.5. The van der Waals surface area contributed by atoms with E-state index in [9.17, 15) is 0 Å². The standard InChI is InChI=1S/C31H33N5O2/c1-5-9-18-37-22-14-16-28-26(20-22)33-30(35(28)7-3)24-12-11-13-25(32-24)31-34-27-21-23(38-19-10-6-2)15-17-29(27)36(31)8-4/h5-6,11-17,20-21H,1-2,7-10,18-19H2,3-4H3. The summed E-state index contributed by atoms with van der Waals surface area (Å²) in [4.78, 5) is 15.0. The van der Waals surface area contributed by atoms with Gasteiger partial charge in [-0.15, -0.1) is 13.2 Å². The highest BCUT2D eigenvalue weighted by Gasteiger charge is 2.17. The lowest BCUT2D eigenvalue weighted by atomic mass is 10.2. The molecule has 3 aromatic heterocycles. The maximum absolute atomic E-state index is 5.85. The normalized spacial score (nSPS) is 11.2. The van der Waals surface area contributed by atoms with Crippen molar-refractivity contribution in [2.75, 3.05) is 13.2 Å². The number of hydrogen-bond acceptors (Lipinski definition) is 5. The molecule has 0 atom stereocenters. The molecule has 0 aliphatic carbocycles. The van der Waals surface area contributed by atoms with E-state index in [0.29, 0.717) is 13.2 Å². The second-order valence-corrected chi connectivity index (χ2v) is 8.92. The van der Waals surface area contributed by atoms with Gasteiger partial charge in [0, 0.05) is 25.2 Å². The van der Waals surface area contributed by atoms with Crippen molar-refractivity contribution < 1.29 is 9.47 Å². The third-order valence-corrected chi connectivity index (χ3v) is 6.46. The summed E-state index contributed by atoms with van der Waals surface area (Å²) in [5.74, 6) is 3.25. The number of fused-ring (bicyclic) bond motifs is 2. The summed E-state index contributed by atoms with van der Waals surface area (Å²) in [6.07, 6.45) is 5.31. The second kappa shape index (κ2) is 11.3. The van der Waals surface area contributed by atoms with Crippen LogP contribution in [0.2, 0.25) is 0 Å². The van der Waals surface area contributed by atoms with Gasteiger partial charge in [0.1, 0.15) is 22.9 Å². The van der Waals surface area contributed by atoms with Crippen molar-refractivity contribution in [3.05, 3.63) is 79.9 Å². The number of aryl methyl sites for hydroxylation is 2. The maximum atomic E-state index is 5.85. The molecule has 7 heteroatoms. The Bertz CT molecular complexity index is 1480. The van der Waals surface area contributed by atoms with E-state index in [1.54, 1.807) is 0 Å². The van der Waals surface area contributed by atoms with Gasteiger partial charge < -0.3 is 18.6 Å². The fraction of sp³-hybridized carbons (Fsp3) is 0.258. The van der Waals surface area contributed by atoms with Gasteiger partial charge in [0.25, 0.3) is 0 Å². The van der Waals surface area contributed by atoms with Gasteiger partial charge in [-0.2, -0.15) is 0 Å². The number of imidazole rings is 2. The summed E-state index contributed by atoms with van der Waals surface area (Å²) >= 11 is 0. The predicted octanol–water partition coefficient (Wildman–Crippen LogP) is 7.06. The molecule has 0 aliphatic rings. The molecule has 0 spiro atoms. The van der Waals surface area contributed by atoms with E-state index in [-0.39, 0.29) is 0 Å². The Balaban J connectivity index is 1.52. The van der Waals surface area contributed by atoms with Crippen molar-refractivity contribution in [1.82, 2.24) is 24.1 Å². The topological polar surface area (TPSA) is 67.0 Å². The monoisotopic (exact) mass is 507 g/mol. The van der Waals surface area contributed by atoms with Crippen molar-refractivity contribution in [2.45, 2.75) is 39.8 Å². The van der Waals surface area contributed by atoms with Crippen LogP contribution in [0, 0.1) is 0 Å². The van der Waals surface area contributed by atoms with Crippen molar-refractivity contribution in [2.24, 2.45) is 0 Å². The number of ether oxygens (including phenoxy) is 2. The van der Waals surface area contributed by atoms with Gasteiger partial charge in [-0.3, -0.25) is 0 Å². The first-order valence-electron chi connectivity index (χ1n) is 13.1. The fourth-order valence-corrected chi connectivity index (χ4v) is 4.63. The Kier molecular flexibility index (Phi) is 7.54. The highest BCUT2D eigenvalue weighted by atomic mass is 16.5. The molecule has 5 aromatic rings. The van der Waals surface area contributed by atoms with E-state index >= 15 is 0 Å². The predicted molar refractivity (Wildman–Crippen MR) is 154 cm³/mol. The molecule has 2 aromatic carbocycles. The molecular weight excluding hydrogens is 474 g/mol. The Morgan fingerprint density at radius 2 is 1.16 bits per heavy atom. The first-order chi connectivity index (χ1) is 18.7. The molecule has 194 valence electrons. The van der Waals surface area contributed by atoms with Crippen LogP contribution in [0.5, 0.6) is 11.5 Å². The zero-order valence-electron chi connectivity index (χ0n) is 22.1. The maximum Gasteiger partial charge on any atom is 0.159 e. The number of benzene rings is 2. The minimum absolute atomic E-state index is 0.598. The van der Waals surface area contributed by atoms with Crippen LogP contribution >= 0.6 is 0 Å². The summed E-state index contributed by atoms with van der Waals surface area (Å²) in [7, 11) is 0. The minimum Gasteiger partial charge on any atom is -0.493 e. The van der Waals surface area contributed by atoms with Crippen molar-refractivity contribution in [3.8, 4) is 34.5 Å². The summed E-state index contributed by atoms with van der Waals surface area (Å²) < 4.78 is 16.1. The summed E-state index contributed by atoms with van der Waals surface area (Å²) in [5.41, 5.74) is 5.48. The Morgan fingerprint density at radius 3 is 1.58 bits per heavy atom. The molecule has 38 heavy (non-hydrogen) atoms. The van der Waals surface area contributed by atoms with Crippen LogP contribution in [-0.2, 0) is 13.1 Å². The van der Waals surface area contributed by atoms with Crippen molar-refractivity contribution in [3.63, 3.8) is 0 Å². The van der Waals surface area contributed by atoms with E-state index in [0.717, 1.165) is 82.5 Å². The largest absolute Gasteiger partial charge is 0.493 e.